The van der Waals surface area contributed by atoms with Gasteiger partial charge in [0.1, 0.15) is 5.82 Å². The van der Waals surface area contributed by atoms with E-state index in [1.807, 2.05) is 26.0 Å². The third-order valence-electron chi connectivity index (χ3n) is 5.03. The summed E-state index contributed by atoms with van der Waals surface area (Å²) in [6.45, 7) is 9.41. The Kier molecular flexibility index (Phi) is 8.62. The van der Waals surface area contributed by atoms with Gasteiger partial charge in [-0.15, -0.1) is 0 Å². The smallest absolute Gasteiger partial charge is 0.294 e. The summed E-state index contributed by atoms with van der Waals surface area (Å²) in [5.74, 6) is -1.27. The number of halogens is 5. The van der Waals surface area contributed by atoms with Crippen LogP contribution in [0.2, 0.25) is 5.02 Å². The number of carbonyl (C=O) groups excluding carboxylic acids is 1. The molecule has 0 unspecified atom stereocenters. The Morgan fingerprint density at radius 2 is 1.78 bits per heavy atom. The molecule has 2 aromatic carbocycles. The normalized spacial score (nSPS) is 12.8. The first-order valence-corrected chi connectivity index (χ1v) is 10.6. The number of allylic oxidation sites excluding steroid dienone is 5. The molecule has 0 heterocycles. The second-order valence-electron chi connectivity index (χ2n) is 7.47. The lowest BCUT2D eigenvalue weighted by Gasteiger charge is -2.13. The highest BCUT2D eigenvalue weighted by molar-refractivity contribution is 6.30. The summed E-state index contributed by atoms with van der Waals surface area (Å²) in [5, 5.41) is 0.554. The molecule has 0 aromatic heterocycles. The molecular weight excluding hydrogens is 440 g/mol. The predicted octanol–water partition coefficient (Wildman–Crippen LogP) is 8.61. The molecule has 0 amide bonds. The van der Waals surface area contributed by atoms with Gasteiger partial charge in [-0.1, -0.05) is 44.2 Å². The maximum Gasteiger partial charge on any atom is 0.416 e. The minimum absolute atomic E-state index is 0.0678. The zero-order valence-electron chi connectivity index (χ0n) is 18.2. The number of Topliss-reactive ketones (excluding diaryl/α,β-unsaturated/α-hetero) is 1. The van der Waals surface area contributed by atoms with Crippen molar-refractivity contribution in [1.82, 2.24) is 0 Å². The van der Waals surface area contributed by atoms with Gasteiger partial charge in [0, 0.05) is 17.0 Å². The fourth-order valence-corrected chi connectivity index (χ4v) is 3.54. The van der Waals surface area contributed by atoms with E-state index in [1.165, 1.54) is 6.08 Å². The molecule has 0 fully saturated rings. The molecule has 0 atom stereocenters. The Morgan fingerprint density at radius 1 is 1.09 bits per heavy atom. The van der Waals surface area contributed by atoms with Crippen LogP contribution in [0.25, 0.3) is 11.1 Å². The lowest BCUT2D eigenvalue weighted by atomic mass is 9.92. The van der Waals surface area contributed by atoms with Crippen molar-refractivity contribution < 1.29 is 22.4 Å². The predicted molar refractivity (Wildman–Crippen MR) is 123 cm³/mol. The molecule has 2 rings (SSSR count). The van der Waals surface area contributed by atoms with Crippen molar-refractivity contribution in [2.75, 3.05) is 0 Å². The quantitative estimate of drug-likeness (QED) is 0.217. The van der Waals surface area contributed by atoms with E-state index in [4.69, 9.17) is 11.6 Å². The molecule has 6 heteroatoms. The van der Waals surface area contributed by atoms with Crippen LogP contribution < -0.4 is 0 Å². The van der Waals surface area contributed by atoms with E-state index in [0.717, 1.165) is 28.8 Å². The van der Waals surface area contributed by atoms with Gasteiger partial charge in [-0.2, -0.15) is 13.2 Å². The maximum atomic E-state index is 13.8. The minimum atomic E-state index is -4.67. The van der Waals surface area contributed by atoms with Crippen molar-refractivity contribution in [3.05, 3.63) is 93.8 Å². The third-order valence-corrected chi connectivity index (χ3v) is 5.27. The number of alkyl halides is 3. The summed E-state index contributed by atoms with van der Waals surface area (Å²) in [4.78, 5) is 12.9. The van der Waals surface area contributed by atoms with Crippen molar-refractivity contribution in [2.24, 2.45) is 0 Å². The van der Waals surface area contributed by atoms with Crippen LogP contribution in [0.3, 0.4) is 0 Å². The van der Waals surface area contributed by atoms with Gasteiger partial charge < -0.3 is 0 Å². The largest absolute Gasteiger partial charge is 0.416 e. The van der Waals surface area contributed by atoms with E-state index < -0.39 is 17.6 Å². The first-order valence-electron chi connectivity index (χ1n) is 10.2. The Labute approximate surface area is 191 Å². The Morgan fingerprint density at radius 3 is 2.38 bits per heavy atom. The fourth-order valence-electron chi connectivity index (χ4n) is 3.37. The van der Waals surface area contributed by atoms with Crippen LogP contribution in [-0.4, -0.2) is 5.78 Å². The lowest BCUT2D eigenvalue weighted by molar-refractivity contribution is -0.137. The minimum Gasteiger partial charge on any atom is -0.294 e. The highest BCUT2D eigenvalue weighted by Crippen LogP contribution is 2.33. The van der Waals surface area contributed by atoms with Crippen LogP contribution in [0.1, 0.15) is 55.4 Å². The van der Waals surface area contributed by atoms with Crippen molar-refractivity contribution >= 4 is 28.5 Å². The molecule has 0 aliphatic carbocycles. The Hall–Kier alpha value is -2.66. The summed E-state index contributed by atoms with van der Waals surface area (Å²) in [5.41, 5.74) is 2.17. The summed E-state index contributed by atoms with van der Waals surface area (Å²) < 4.78 is 53.0. The molecule has 170 valence electrons. The van der Waals surface area contributed by atoms with Gasteiger partial charge in [0.05, 0.1) is 5.56 Å². The number of ketones is 1. The van der Waals surface area contributed by atoms with Gasteiger partial charge >= 0.3 is 6.18 Å². The standard InChI is InChI=1S/C26H25ClF4O/c1-5-7-19(24-15-22(27)9-8-16(24)3)13-25(32)17(4)10-18(6-2)20-11-21(26(29,30)31)14-23(28)12-20/h7-12,14-15H,4-6,13H2,1-3H3/b18-10+,19-7+. The molecule has 1 nitrogen and oxygen atoms in total. The van der Waals surface area contributed by atoms with Gasteiger partial charge in [-0.25, -0.2) is 4.39 Å². The molecule has 0 saturated heterocycles. The van der Waals surface area contributed by atoms with E-state index in [1.54, 1.807) is 19.1 Å². The van der Waals surface area contributed by atoms with Gasteiger partial charge in [0.25, 0.3) is 0 Å². The molecule has 0 radical (unpaired) electrons. The second-order valence-corrected chi connectivity index (χ2v) is 7.91. The molecule has 0 bridgehead atoms. The van der Waals surface area contributed by atoms with Gasteiger partial charge in [-0.3, -0.25) is 4.79 Å². The van der Waals surface area contributed by atoms with Crippen LogP contribution in [0.4, 0.5) is 17.6 Å². The third kappa shape index (κ3) is 6.67. The highest BCUT2D eigenvalue weighted by atomic mass is 35.5. The molecule has 0 aliphatic heterocycles. The fraction of sp³-hybridized carbons (Fsp3) is 0.269. The summed E-state index contributed by atoms with van der Waals surface area (Å²) in [6, 6.07) is 7.81. The molecular formula is C26H25ClF4O. The topological polar surface area (TPSA) is 17.1 Å². The van der Waals surface area contributed by atoms with Crippen LogP contribution in [0.15, 0.2) is 60.7 Å². The van der Waals surface area contributed by atoms with E-state index in [0.29, 0.717) is 29.5 Å². The van der Waals surface area contributed by atoms with E-state index >= 15 is 0 Å². The first-order chi connectivity index (χ1) is 15.0. The number of aryl methyl sites for hydroxylation is 1. The number of benzene rings is 2. The van der Waals surface area contributed by atoms with Crippen LogP contribution >= 0.6 is 11.6 Å². The molecule has 0 aliphatic rings. The van der Waals surface area contributed by atoms with Gasteiger partial charge in [-0.05, 0) is 84.0 Å². The Bertz CT molecular complexity index is 1080. The van der Waals surface area contributed by atoms with E-state index in [-0.39, 0.29) is 23.3 Å². The Balaban J connectivity index is 2.35. The number of carbonyl (C=O) groups is 1. The van der Waals surface area contributed by atoms with Crippen molar-refractivity contribution in [2.45, 2.75) is 46.2 Å². The number of rotatable bonds is 8. The summed E-state index contributed by atoms with van der Waals surface area (Å²) >= 11 is 6.12. The zero-order chi connectivity index (χ0) is 24.1. The zero-order valence-corrected chi connectivity index (χ0v) is 19.0. The van der Waals surface area contributed by atoms with Gasteiger partial charge in [0.2, 0.25) is 0 Å². The maximum absolute atomic E-state index is 13.8. The number of hydrogen-bond acceptors (Lipinski definition) is 1. The van der Waals surface area contributed by atoms with Crippen LogP contribution in [0, 0.1) is 12.7 Å². The average Bonchev–Trinajstić information content (AvgIpc) is 2.72. The molecule has 0 N–H and O–H groups in total. The molecule has 32 heavy (non-hydrogen) atoms. The van der Waals surface area contributed by atoms with Gasteiger partial charge in [0.15, 0.2) is 5.78 Å². The van der Waals surface area contributed by atoms with E-state index in [9.17, 15) is 22.4 Å². The lowest BCUT2D eigenvalue weighted by Crippen LogP contribution is -2.07. The summed E-state index contributed by atoms with van der Waals surface area (Å²) in [6.07, 6.45) is -0.212. The average molecular weight is 465 g/mol. The van der Waals surface area contributed by atoms with Crippen LogP contribution in [0.5, 0.6) is 0 Å². The summed E-state index contributed by atoms with van der Waals surface area (Å²) in [7, 11) is 0. The molecule has 0 spiro atoms. The highest BCUT2D eigenvalue weighted by Gasteiger charge is 2.31. The van der Waals surface area contributed by atoms with Crippen molar-refractivity contribution in [3.63, 3.8) is 0 Å². The van der Waals surface area contributed by atoms with Crippen molar-refractivity contribution in [3.8, 4) is 0 Å². The first kappa shape index (κ1) is 25.6. The number of hydrogen-bond donors (Lipinski definition) is 0. The molecule has 0 saturated carbocycles. The molecule has 2 aromatic rings. The second kappa shape index (κ2) is 10.8. The monoisotopic (exact) mass is 464 g/mol. The SMILES string of the molecule is C=C(/C=C(\CC)c1cc(F)cc(C(F)(F)F)c1)C(=O)C/C(=C\CC)c1cc(Cl)ccc1C. The van der Waals surface area contributed by atoms with Crippen molar-refractivity contribution in [1.29, 1.82) is 0 Å². The van der Waals surface area contributed by atoms with E-state index in [2.05, 4.69) is 6.58 Å². The van der Waals surface area contributed by atoms with Crippen LogP contribution in [-0.2, 0) is 11.0 Å².